The molecular weight excluding hydrogens is 726 g/mol. The maximum absolute atomic E-state index is 13.4. The third-order valence-electron chi connectivity index (χ3n) is 12.4. The van der Waals surface area contributed by atoms with Gasteiger partial charge in [0.05, 0.1) is 17.5 Å². The highest BCUT2D eigenvalue weighted by Crippen LogP contribution is 2.48. The van der Waals surface area contributed by atoms with Gasteiger partial charge in [-0.05, 0) is 105 Å². The van der Waals surface area contributed by atoms with Crippen LogP contribution in [0.2, 0.25) is 5.02 Å². The highest BCUT2D eigenvalue weighted by Gasteiger charge is 2.49. The number of aldehydes is 1. The molecule has 2 aromatic carbocycles. The molecule has 1 saturated carbocycles. The molecule has 8 rings (SSSR count). The summed E-state index contributed by atoms with van der Waals surface area (Å²) in [5, 5.41) is 3.14. The van der Waals surface area contributed by atoms with E-state index in [1.807, 2.05) is 31.3 Å². The number of fused-ring (bicyclic) bond motifs is 5. The van der Waals surface area contributed by atoms with E-state index in [4.69, 9.17) is 21.1 Å². The third-order valence-corrected chi connectivity index (χ3v) is 14.6. The zero-order chi connectivity index (χ0) is 38.1. The normalized spacial score (nSPS) is 30.7. The number of carbonyl (C=O) groups is 2. The first-order chi connectivity index (χ1) is 26.0. The van der Waals surface area contributed by atoms with Gasteiger partial charge in [-0.2, -0.15) is 0 Å². The van der Waals surface area contributed by atoms with Gasteiger partial charge in [0, 0.05) is 79.1 Å². The van der Waals surface area contributed by atoms with Crippen LogP contribution in [0.3, 0.4) is 0 Å². The van der Waals surface area contributed by atoms with Gasteiger partial charge < -0.3 is 19.7 Å². The van der Waals surface area contributed by atoms with E-state index in [9.17, 15) is 18.0 Å². The number of nitrogens with zero attached hydrogens (tertiary/aromatic N) is 3. The van der Waals surface area contributed by atoms with E-state index in [1.54, 1.807) is 38.6 Å². The molecule has 5 aliphatic rings. The maximum atomic E-state index is 13.4. The lowest BCUT2D eigenvalue weighted by Crippen LogP contribution is -2.53. The predicted octanol–water partition coefficient (Wildman–Crippen LogP) is 5.59. The summed E-state index contributed by atoms with van der Waals surface area (Å²) in [6, 6.07) is 11.3. The Labute approximate surface area is 323 Å². The number of ether oxygens (including phenoxy) is 2. The van der Waals surface area contributed by atoms with E-state index in [1.165, 1.54) is 22.4 Å². The minimum absolute atomic E-state index is 0.0434. The Morgan fingerprint density at radius 1 is 1.11 bits per heavy atom. The summed E-state index contributed by atoms with van der Waals surface area (Å²) in [4.78, 5) is 36.5. The molecule has 2 bridgehead atoms. The van der Waals surface area contributed by atoms with Gasteiger partial charge in [-0.3, -0.25) is 9.59 Å². The molecule has 0 radical (unpaired) electrons. The number of nitrogens with one attached hydrogen (secondary N) is 2. The fraction of sp³-hybridized carbons (Fsp3) is 0.512. The van der Waals surface area contributed by atoms with Crippen molar-refractivity contribution in [1.29, 1.82) is 0 Å². The number of hydrogen-bond donors (Lipinski definition) is 2. The summed E-state index contributed by atoms with van der Waals surface area (Å²) < 4.78 is 41.3. The number of sulfonamides is 1. The zero-order valence-electron chi connectivity index (χ0n) is 31.2. The molecule has 3 aliphatic heterocycles. The van der Waals surface area contributed by atoms with Crippen LogP contribution >= 0.6 is 11.6 Å². The minimum Gasteiger partial charge on any atom is -0.490 e. The Hall–Kier alpha value is -3.84. The predicted molar refractivity (Wildman–Crippen MR) is 208 cm³/mol. The number of anilines is 1. The van der Waals surface area contributed by atoms with Gasteiger partial charge in [0.1, 0.15) is 17.7 Å². The molecule has 3 aromatic rings. The number of hydrogen-bond acceptors (Lipinski definition) is 10. The van der Waals surface area contributed by atoms with Crippen LogP contribution in [0.25, 0.3) is 0 Å². The summed E-state index contributed by atoms with van der Waals surface area (Å²) in [5.74, 6) is -0.203. The molecule has 2 N–H and O–H groups in total. The van der Waals surface area contributed by atoms with Crippen LogP contribution in [-0.4, -0.2) is 74.8 Å². The second-order valence-corrected chi connectivity index (χ2v) is 18.1. The summed E-state index contributed by atoms with van der Waals surface area (Å²) in [6.07, 6.45) is 14.2. The monoisotopic (exact) mass is 775 g/mol. The van der Waals surface area contributed by atoms with Gasteiger partial charge in [0.2, 0.25) is 10.0 Å². The summed E-state index contributed by atoms with van der Waals surface area (Å²) in [6.45, 7) is 7.15. The van der Waals surface area contributed by atoms with Crippen LogP contribution in [0.1, 0.15) is 78.7 Å². The number of benzene rings is 2. The van der Waals surface area contributed by atoms with Crippen molar-refractivity contribution in [3.05, 3.63) is 94.0 Å². The van der Waals surface area contributed by atoms with Crippen molar-refractivity contribution in [2.24, 2.45) is 17.8 Å². The minimum atomic E-state index is -3.97. The topological polar surface area (TPSA) is 140 Å². The maximum Gasteiger partial charge on any atom is 0.264 e. The Morgan fingerprint density at radius 2 is 1.96 bits per heavy atom. The lowest BCUT2D eigenvalue weighted by molar-refractivity contribution is -0.135. The first-order valence-electron chi connectivity index (χ1n) is 19.0. The Bertz CT molecular complexity index is 2000. The summed E-state index contributed by atoms with van der Waals surface area (Å²) >= 11 is 6.40. The van der Waals surface area contributed by atoms with Crippen LogP contribution in [0.4, 0.5) is 5.69 Å². The van der Waals surface area contributed by atoms with Crippen LogP contribution in [-0.2, 0) is 44.4 Å². The highest BCUT2D eigenvalue weighted by atomic mass is 35.5. The van der Waals surface area contributed by atoms with Crippen LogP contribution in [0, 0.1) is 17.8 Å². The molecule has 288 valence electrons. The average Bonchev–Trinajstić information content (AvgIpc) is 3.32. The number of methoxy groups -OCH3 is 1. The molecule has 11 nitrogen and oxygen atoms in total. The molecule has 2 aliphatic carbocycles. The molecule has 54 heavy (non-hydrogen) atoms. The van der Waals surface area contributed by atoms with Crippen LogP contribution in [0.15, 0.2) is 61.1 Å². The van der Waals surface area contributed by atoms with Crippen molar-refractivity contribution in [2.45, 2.75) is 81.6 Å². The zero-order valence-corrected chi connectivity index (χ0v) is 32.8. The van der Waals surface area contributed by atoms with E-state index in [0.29, 0.717) is 36.9 Å². The van der Waals surface area contributed by atoms with Crippen LogP contribution in [0.5, 0.6) is 5.75 Å². The molecule has 1 aromatic heterocycles. The van der Waals surface area contributed by atoms with E-state index in [0.717, 1.165) is 63.6 Å². The molecule has 6 atom stereocenters. The average molecular weight is 776 g/mol. The standard InChI is InChI=1S/C34H41ClN2O6S.C7H9N3/c1-22-6-4-15-34(20-38,42-3)29-11-8-26(29)18-37-19-33(14-5-7-24-16-27(35)10-12-28(24)33)21-43-31-13-9-25(17-30(31)37)32(39)36-44(40,41)23(22)2;1-2-8-3-6-4-9-5-10-7(1)6/h4,9-10,12-13,15-17,20,22-23,26,29H,5-8,11,14,18-19,21H2,1-3H3,(H,36,39);4-5,8H,1-3H2/b15-4+;/t22-,23+,26-,29+,33-,34+;/m0./s1. The number of halogens is 1. The SMILES string of the molecule is CO[C@@]1(C=O)/C=C/C[C@H](C)[C@@H](C)S(=O)(=O)NC(=O)c2ccc3c(c2)N(C[C@@H]2CC[C@H]21)C[C@@]1(CCCc2cc(Cl)ccc21)CO3.c1ncc2c(n1)CCNC2. The number of amides is 1. The lowest BCUT2D eigenvalue weighted by Gasteiger charge is -2.48. The Kier molecular flexibility index (Phi) is 11.2. The number of aryl methyl sites for hydroxylation is 1. The van der Waals surface area contributed by atoms with Gasteiger partial charge in [-0.25, -0.2) is 23.1 Å². The first kappa shape index (κ1) is 38.4. The lowest BCUT2D eigenvalue weighted by atomic mass is 9.64. The molecular formula is C41H50ClN5O6S. The molecule has 1 amide bonds. The van der Waals surface area contributed by atoms with Gasteiger partial charge in [0.25, 0.3) is 5.91 Å². The molecule has 0 saturated heterocycles. The third kappa shape index (κ3) is 7.54. The summed E-state index contributed by atoms with van der Waals surface area (Å²) in [5.41, 5.74) is 4.50. The number of aromatic nitrogens is 2. The number of rotatable bonds is 2. The quantitative estimate of drug-likeness (QED) is 0.250. The van der Waals surface area contributed by atoms with E-state index >= 15 is 0 Å². The van der Waals surface area contributed by atoms with Crippen molar-refractivity contribution in [3.63, 3.8) is 0 Å². The largest absolute Gasteiger partial charge is 0.490 e. The van der Waals surface area contributed by atoms with Gasteiger partial charge >= 0.3 is 0 Å². The smallest absolute Gasteiger partial charge is 0.264 e. The molecule has 13 heteroatoms. The van der Waals surface area contributed by atoms with E-state index in [2.05, 4.69) is 37.0 Å². The second kappa shape index (κ2) is 15.7. The second-order valence-electron chi connectivity index (χ2n) is 15.6. The van der Waals surface area contributed by atoms with Gasteiger partial charge in [-0.15, -0.1) is 0 Å². The van der Waals surface area contributed by atoms with Crippen molar-refractivity contribution in [2.75, 3.05) is 38.3 Å². The highest BCUT2D eigenvalue weighted by molar-refractivity contribution is 7.90. The Balaban J connectivity index is 0.000000386. The summed E-state index contributed by atoms with van der Waals surface area (Å²) in [7, 11) is -2.41. The van der Waals surface area contributed by atoms with Crippen molar-refractivity contribution in [3.8, 4) is 5.75 Å². The molecule has 1 spiro atoms. The van der Waals surface area contributed by atoms with Gasteiger partial charge in [0.15, 0.2) is 6.29 Å². The fourth-order valence-electron chi connectivity index (χ4n) is 8.87. The van der Waals surface area contributed by atoms with E-state index in [-0.39, 0.29) is 28.7 Å². The van der Waals surface area contributed by atoms with E-state index < -0.39 is 26.8 Å². The molecule has 4 heterocycles. The number of carbonyl (C=O) groups excluding carboxylic acids is 2. The van der Waals surface area contributed by atoms with Crippen molar-refractivity contribution < 1.29 is 27.5 Å². The molecule has 1 fully saturated rings. The Morgan fingerprint density at radius 3 is 2.72 bits per heavy atom. The fourth-order valence-corrected chi connectivity index (χ4v) is 10.3. The number of allylic oxidation sites excluding steroid dienone is 1. The molecule has 0 unspecified atom stereocenters. The van der Waals surface area contributed by atoms with Crippen molar-refractivity contribution >= 4 is 39.5 Å². The van der Waals surface area contributed by atoms with Crippen LogP contribution < -0.4 is 19.7 Å². The van der Waals surface area contributed by atoms with Crippen molar-refractivity contribution in [1.82, 2.24) is 20.0 Å². The van der Waals surface area contributed by atoms with Gasteiger partial charge in [-0.1, -0.05) is 30.7 Å². The first-order valence-corrected chi connectivity index (χ1v) is 20.9.